The molecule has 21 heavy (non-hydrogen) atoms. The third kappa shape index (κ3) is 3.49. The molecule has 112 valence electrons. The van der Waals surface area contributed by atoms with Crippen molar-refractivity contribution in [2.75, 3.05) is 0 Å². The van der Waals surface area contributed by atoms with Gasteiger partial charge in [0.25, 0.3) is 10.1 Å². The fourth-order valence-electron chi connectivity index (χ4n) is 2.02. The average molecular weight is 308 g/mol. The molecule has 0 atom stereocenters. The Hall–Kier alpha value is -1.72. The average Bonchev–Trinajstić information content (AvgIpc) is 2.38. The van der Waals surface area contributed by atoms with E-state index in [0.29, 0.717) is 0 Å². The summed E-state index contributed by atoms with van der Waals surface area (Å²) in [5.41, 5.74) is -0.155. The van der Waals surface area contributed by atoms with Crippen molar-refractivity contribution in [2.45, 2.75) is 31.3 Å². The Morgan fingerprint density at radius 1 is 1.00 bits per heavy atom. The zero-order valence-electron chi connectivity index (χ0n) is 12.1. The van der Waals surface area contributed by atoms with Crippen LogP contribution in [0.3, 0.4) is 0 Å². The lowest BCUT2D eigenvalue weighted by molar-refractivity contribution is 0.113. The number of hydrogen-bond donors (Lipinski definition) is 0. The molecule has 0 saturated carbocycles. The molecule has 0 bridgehead atoms. The Morgan fingerprint density at radius 2 is 1.57 bits per heavy atom. The normalized spacial score (nSPS) is 12.4. The number of rotatable bonds is 4. The molecule has 0 radical (unpaired) electrons. The van der Waals surface area contributed by atoms with Crippen molar-refractivity contribution >= 4 is 10.1 Å². The van der Waals surface area contributed by atoms with Crippen LogP contribution in [0.15, 0.2) is 53.4 Å². The highest BCUT2D eigenvalue weighted by Crippen LogP contribution is 2.31. The number of benzene rings is 2. The molecule has 0 aliphatic carbocycles. The second-order valence-corrected chi connectivity index (χ2v) is 6.89. The van der Waals surface area contributed by atoms with Crippen molar-refractivity contribution in [3.05, 3.63) is 65.5 Å². The Labute approximate surface area is 124 Å². The van der Waals surface area contributed by atoms with Crippen molar-refractivity contribution in [1.82, 2.24) is 0 Å². The number of halogens is 1. The van der Waals surface area contributed by atoms with Crippen LogP contribution in [0.4, 0.5) is 4.39 Å². The van der Waals surface area contributed by atoms with Crippen molar-refractivity contribution in [1.29, 1.82) is 0 Å². The highest BCUT2D eigenvalue weighted by atomic mass is 32.2. The van der Waals surface area contributed by atoms with Gasteiger partial charge in [-0.2, -0.15) is 8.42 Å². The minimum atomic E-state index is -3.97. The molecule has 0 aromatic heterocycles. The minimum absolute atomic E-state index is 0.0533. The SMILES string of the molecule is Cc1ccc(S(=O)(=O)OC(C)(C)c2ccccc2F)cc1. The van der Waals surface area contributed by atoms with Crippen LogP contribution in [-0.2, 0) is 19.9 Å². The van der Waals surface area contributed by atoms with Gasteiger partial charge in [0.1, 0.15) is 11.4 Å². The first kappa shape index (κ1) is 15.7. The molecule has 0 N–H and O–H groups in total. The summed E-state index contributed by atoms with van der Waals surface area (Å²) in [4.78, 5) is 0.0533. The second kappa shape index (κ2) is 5.58. The van der Waals surface area contributed by atoms with E-state index in [-0.39, 0.29) is 10.5 Å². The van der Waals surface area contributed by atoms with E-state index in [2.05, 4.69) is 0 Å². The van der Waals surface area contributed by atoms with Crippen LogP contribution < -0.4 is 0 Å². The van der Waals surface area contributed by atoms with E-state index in [1.165, 1.54) is 38.1 Å². The molecular formula is C16H17FO3S. The van der Waals surface area contributed by atoms with E-state index >= 15 is 0 Å². The van der Waals surface area contributed by atoms with Crippen LogP contribution in [0.1, 0.15) is 25.0 Å². The topological polar surface area (TPSA) is 43.4 Å². The van der Waals surface area contributed by atoms with Crippen LogP contribution in [0.25, 0.3) is 0 Å². The largest absolute Gasteiger partial charge is 0.297 e. The molecule has 0 spiro atoms. The van der Waals surface area contributed by atoms with Gasteiger partial charge in [-0.1, -0.05) is 35.9 Å². The molecule has 2 aromatic rings. The summed E-state index contributed by atoms with van der Waals surface area (Å²) < 4.78 is 43.7. The molecule has 0 fully saturated rings. The van der Waals surface area contributed by atoms with E-state index in [4.69, 9.17) is 4.18 Å². The zero-order chi connectivity index (χ0) is 15.7. The van der Waals surface area contributed by atoms with E-state index in [1.54, 1.807) is 24.3 Å². The molecule has 2 rings (SSSR count). The lowest BCUT2D eigenvalue weighted by Gasteiger charge is -2.25. The maximum Gasteiger partial charge on any atom is 0.297 e. The van der Waals surface area contributed by atoms with Gasteiger partial charge in [-0.15, -0.1) is 0 Å². The molecule has 0 saturated heterocycles. The van der Waals surface area contributed by atoms with Gasteiger partial charge in [0.05, 0.1) is 4.90 Å². The summed E-state index contributed by atoms with van der Waals surface area (Å²) in [7, 11) is -3.97. The third-order valence-electron chi connectivity index (χ3n) is 3.15. The summed E-state index contributed by atoms with van der Waals surface area (Å²) in [5, 5.41) is 0. The van der Waals surface area contributed by atoms with Crippen molar-refractivity contribution in [3.8, 4) is 0 Å². The summed E-state index contributed by atoms with van der Waals surface area (Å²) in [6.07, 6.45) is 0. The van der Waals surface area contributed by atoms with Crippen molar-refractivity contribution in [3.63, 3.8) is 0 Å². The van der Waals surface area contributed by atoms with Crippen LogP contribution in [0.2, 0.25) is 0 Å². The van der Waals surface area contributed by atoms with E-state index < -0.39 is 21.5 Å². The van der Waals surface area contributed by atoms with Gasteiger partial charge in [0.15, 0.2) is 0 Å². The zero-order valence-corrected chi connectivity index (χ0v) is 12.9. The summed E-state index contributed by atoms with van der Waals surface area (Å²) in [5.74, 6) is -0.499. The van der Waals surface area contributed by atoms with Gasteiger partial charge in [0.2, 0.25) is 0 Å². The van der Waals surface area contributed by atoms with Crippen LogP contribution in [0.5, 0.6) is 0 Å². The quantitative estimate of drug-likeness (QED) is 0.807. The predicted octanol–water partition coefficient (Wildman–Crippen LogP) is 3.77. The lowest BCUT2D eigenvalue weighted by Crippen LogP contribution is -2.27. The van der Waals surface area contributed by atoms with Crippen molar-refractivity contribution in [2.24, 2.45) is 0 Å². The molecule has 0 aliphatic rings. The molecule has 0 aliphatic heterocycles. The van der Waals surface area contributed by atoms with Gasteiger partial charge in [-0.3, -0.25) is 4.18 Å². The molecule has 0 amide bonds. The maximum atomic E-state index is 13.8. The smallest absolute Gasteiger partial charge is 0.255 e. The Balaban J connectivity index is 2.35. The number of aryl methyl sites for hydroxylation is 1. The van der Waals surface area contributed by atoms with E-state index in [1.807, 2.05) is 6.92 Å². The lowest BCUT2D eigenvalue weighted by atomic mass is 9.98. The minimum Gasteiger partial charge on any atom is -0.255 e. The highest BCUT2D eigenvalue weighted by molar-refractivity contribution is 7.86. The Kier molecular flexibility index (Phi) is 4.16. The summed E-state index contributed by atoms with van der Waals surface area (Å²) in [6, 6.07) is 12.3. The van der Waals surface area contributed by atoms with E-state index in [9.17, 15) is 12.8 Å². The predicted molar refractivity (Wildman–Crippen MR) is 78.9 cm³/mol. The molecule has 0 heterocycles. The Bertz CT molecular complexity index is 734. The maximum absolute atomic E-state index is 13.8. The fraction of sp³-hybridized carbons (Fsp3) is 0.250. The molecule has 5 heteroatoms. The van der Waals surface area contributed by atoms with Gasteiger partial charge in [0, 0.05) is 5.56 Å². The first-order chi connectivity index (χ1) is 9.72. The van der Waals surface area contributed by atoms with Crippen molar-refractivity contribution < 1.29 is 17.0 Å². The summed E-state index contributed by atoms with van der Waals surface area (Å²) >= 11 is 0. The molecule has 0 unspecified atom stereocenters. The molecule has 2 aromatic carbocycles. The van der Waals surface area contributed by atoms with Crippen LogP contribution >= 0.6 is 0 Å². The van der Waals surface area contributed by atoms with E-state index in [0.717, 1.165) is 5.56 Å². The van der Waals surface area contributed by atoms with Gasteiger partial charge in [-0.25, -0.2) is 4.39 Å². The van der Waals surface area contributed by atoms with Gasteiger partial charge < -0.3 is 0 Å². The van der Waals surface area contributed by atoms with Crippen LogP contribution in [0, 0.1) is 12.7 Å². The third-order valence-corrected chi connectivity index (χ3v) is 4.64. The standard InChI is InChI=1S/C16H17FO3S/c1-12-8-10-13(11-9-12)21(18,19)20-16(2,3)14-6-4-5-7-15(14)17/h4-11H,1-3H3. The molecular weight excluding hydrogens is 291 g/mol. The van der Waals surface area contributed by atoms with Gasteiger partial charge in [-0.05, 0) is 39.0 Å². The highest BCUT2D eigenvalue weighted by Gasteiger charge is 2.32. The first-order valence-electron chi connectivity index (χ1n) is 6.50. The van der Waals surface area contributed by atoms with Crippen LogP contribution in [-0.4, -0.2) is 8.42 Å². The van der Waals surface area contributed by atoms with Gasteiger partial charge >= 0.3 is 0 Å². The monoisotopic (exact) mass is 308 g/mol. The molecule has 3 nitrogen and oxygen atoms in total. The second-order valence-electron chi connectivity index (χ2n) is 5.34. The summed E-state index contributed by atoms with van der Waals surface area (Å²) in [6.45, 7) is 4.91. The first-order valence-corrected chi connectivity index (χ1v) is 7.90. The fourth-order valence-corrected chi connectivity index (χ4v) is 3.23. The number of hydrogen-bond acceptors (Lipinski definition) is 3. The Morgan fingerprint density at radius 3 is 2.14 bits per heavy atom.